The van der Waals surface area contributed by atoms with Gasteiger partial charge in [0.05, 0.1) is 18.7 Å². The van der Waals surface area contributed by atoms with E-state index >= 15 is 0 Å². The molecule has 1 aromatic rings. The average Bonchev–Trinajstić information content (AvgIpc) is 2.25. The van der Waals surface area contributed by atoms with Crippen LogP contribution in [-0.2, 0) is 4.79 Å². The van der Waals surface area contributed by atoms with Crippen LogP contribution >= 0.6 is 11.6 Å². The topological polar surface area (TPSA) is 38.7 Å². The van der Waals surface area contributed by atoms with Crippen molar-refractivity contribution in [3.05, 3.63) is 28.8 Å². The lowest BCUT2D eigenvalue weighted by atomic mass is 10.0. The number of hydrogen-bond acceptors (Lipinski definition) is 3. The summed E-state index contributed by atoms with van der Waals surface area (Å²) >= 11 is 5.97. The van der Waals surface area contributed by atoms with E-state index in [9.17, 15) is 4.79 Å². The van der Waals surface area contributed by atoms with E-state index in [-0.39, 0.29) is 5.92 Å². The minimum absolute atomic E-state index is 0.148. The normalized spacial score (nSPS) is 11.7. The summed E-state index contributed by atoms with van der Waals surface area (Å²) in [6.07, 6.45) is 1.52. The third-order valence-electron chi connectivity index (χ3n) is 2.17. The highest BCUT2D eigenvalue weighted by molar-refractivity contribution is 6.32. The van der Waals surface area contributed by atoms with Crippen molar-refractivity contribution in [2.75, 3.05) is 13.7 Å². The number of benzene rings is 1. The standard InChI is InChI=1S/C11H12ClNO2/c1-8(6-13-7-14)9-3-4-11(15-2)10(12)5-9/h3-5,8H,6H2,1-2H3. The fourth-order valence-electron chi connectivity index (χ4n) is 1.27. The van der Waals surface area contributed by atoms with Crippen molar-refractivity contribution in [1.82, 2.24) is 0 Å². The second-order valence-electron chi connectivity index (χ2n) is 3.23. The van der Waals surface area contributed by atoms with Gasteiger partial charge in [0, 0.05) is 5.92 Å². The Morgan fingerprint density at radius 2 is 2.33 bits per heavy atom. The fourth-order valence-corrected chi connectivity index (χ4v) is 1.53. The van der Waals surface area contributed by atoms with Crippen LogP contribution < -0.4 is 4.74 Å². The summed E-state index contributed by atoms with van der Waals surface area (Å²) in [6.45, 7) is 2.39. The van der Waals surface area contributed by atoms with E-state index in [2.05, 4.69) is 4.99 Å². The molecular formula is C11H12ClNO2. The van der Waals surface area contributed by atoms with Crippen molar-refractivity contribution in [3.63, 3.8) is 0 Å². The SMILES string of the molecule is COc1ccc(C(C)CN=C=O)cc1Cl. The number of carbonyl (C=O) groups excluding carboxylic acids is 1. The van der Waals surface area contributed by atoms with Crippen molar-refractivity contribution < 1.29 is 9.53 Å². The summed E-state index contributed by atoms with van der Waals surface area (Å²) in [4.78, 5) is 13.5. The number of ether oxygens (including phenoxy) is 1. The molecule has 0 aromatic heterocycles. The van der Waals surface area contributed by atoms with E-state index in [4.69, 9.17) is 16.3 Å². The lowest BCUT2D eigenvalue weighted by Crippen LogP contribution is -1.98. The fraction of sp³-hybridized carbons (Fsp3) is 0.364. The van der Waals surface area contributed by atoms with E-state index in [0.29, 0.717) is 17.3 Å². The first-order chi connectivity index (χ1) is 7.19. The van der Waals surface area contributed by atoms with Gasteiger partial charge in [0.15, 0.2) is 0 Å². The number of hydrogen-bond donors (Lipinski definition) is 0. The van der Waals surface area contributed by atoms with Crippen LogP contribution in [0.5, 0.6) is 5.75 Å². The van der Waals surface area contributed by atoms with Crippen molar-refractivity contribution in [3.8, 4) is 5.75 Å². The number of halogens is 1. The zero-order valence-electron chi connectivity index (χ0n) is 8.66. The summed E-state index contributed by atoms with van der Waals surface area (Å²) in [7, 11) is 1.57. The van der Waals surface area contributed by atoms with Crippen LogP contribution in [0.15, 0.2) is 23.2 Å². The molecule has 0 radical (unpaired) electrons. The lowest BCUT2D eigenvalue weighted by Gasteiger charge is -2.10. The summed E-state index contributed by atoms with van der Waals surface area (Å²) in [5.41, 5.74) is 1.03. The van der Waals surface area contributed by atoms with Gasteiger partial charge in [-0.05, 0) is 17.7 Å². The Balaban J connectivity index is 2.86. The van der Waals surface area contributed by atoms with Crippen LogP contribution in [0.2, 0.25) is 5.02 Å². The van der Waals surface area contributed by atoms with Crippen molar-refractivity contribution in [2.24, 2.45) is 4.99 Å². The first-order valence-corrected chi connectivity index (χ1v) is 4.94. The van der Waals surface area contributed by atoms with E-state index in [1.54, 1.807) is 13.2 Å². The smallest absolute Gasteiger partial charge is 0.234 e. The first kappa shape index (κ1) is 11.8. The third-order valence-corrected chi connectivity index (χ3v) is 2.47. The number of methoxy groups -OCH3 is 1. The van der Waals surface area contributed by atoms with Crippen LogP contribution in [-0.4, -0.2) is 19.7 Å². The molecule has 0 saturated carbocycles. The van der Waals surface area contributed by atoms with Crippen LogP contribution in [0, 0.1) is 0 Å². The van der Waals surface area contributed by atoms with Crippen LogP contribution in [0.3, 0.4) is 0 Å². The van der Waals surface area contributed by atoms with E-state index in [1.807, 2.05) is 19.1 Å². The molecule has 1 unspecified atom stereocenters. The molecule has 0 aliphatic rings. The minimum Gasteiger partial charge on any atom is -0.495 e. The van der Waals surface area contributed by atoms with Crippen molar-refractivity contribution >= 4 is 17.7 Å². The predicted octanol–water partition coefficient (Wildman–Crippen LogP) is 2.79. The Morgan fingerprint density at radius 1 is 1.60 bits per heavy atom. The zero-order valence-corrected chi connectivity index (χ0v) is 9.41. The Hall–Kier alpha value is -1.31. The van der Waals surface area contributed by atoms with Gasteiger partial charge in [-0.1, -0.05) is 24.6 Å². The Morgan fingerprint density at radius 3 is 2.87 bits per heavy atom. The van der Waals surface area contributed by atoms with Gasteiger partial charge in [0.25, 0.3) is 0 Å². The van der Waals surface area contributed by atoms with Gasteiger partial charge < -0.3 is 4.74 Å². The van der Waals surface area contributed by atoms with Gasteiger partial charge in [-0.3, -0.25) is 0 Å². The molecule has 4 heteroatoms. The van der Waals surface area contributed by atoms with Crippen LogP contribution in [0.4, 0.5) is 0 Å². The molecular weight excluding hydrogens is 214 g/mol. The van der Waals surface area contributed by atoms with Gasteiger partial charge in [-0.2, -0.15) is 0 Å². The van der Waals surface area contributed by atoms with E-state index in [0.717, 1.165) is 5.56 Å². The van der Waals surface area contributed by atoms with Crippen molar-refractivity contribution in [2.45, 2.75) is 12.8 Å². The zero-order chi connectivity index (χ0) is 11.3. The van der Waals surface area contributed by atoms with E-state index < -0.39 is 0 Å². The molecule has 0 heterocycles. The maximum absolute atomic E-state index is 9.97. The van der Waals surface area contributed by atoms with Gasteiger partial charge in [-0.25, -0.2) is 9.79 Å². The molecule has 1 atom stereocenters. The predicted molar refractivity (Wildman–Crippen MR) is 59.4 cm³/mol. The average molecular weight is 226 g/mol. The van der Waals surface area contributed by atoms with Gasteiger partial charge in [0.2, 0.25) is 6.08 Å². The molecule has 0 amide bonds. The largest absolute Gasteiger partial charge is 0.495 e. The first-order valence-electron chi connectivity index (χ1n) is 4.56. The molecule has 1 aromatic carbocycles. The van der Waals surface area contributed by atoms with Gasteiger partial charge >= 0.3 is 0 Å². The molecule has 0 aliphatic carbocycles. The Bertz CT molecular complexity index is 386. The molecule has 15 heavy (non-hydrogen) atoms. The number of isocyanates is 1. The number of nitrogens with zero attached hydrogens (tertiary/aromatic N) is 1. The highest BCUT2D eigenvalue weighted by Crippen LogP contribution is 2.28. The number of aliphatic imine (C=N–C) groups is 1. The Labute approximate surface area is 93.7 Å². The molecule has 0 N–H and O–H groups in total. The quantitative estimate of drug-likeness (QED) is 0.584. The highest BCUT2D eigenvalue weighted by Gasteiger charge is 2.07. The van der Waals surface area contributed by atoms with Gasteiger partial charge in [-0.15, -0.1) is 0 Å². The minimum atomic E-state index is 0.148. The third kappa shape index (κ3) is 3.08. The van der Waals surface area contributed by atoms with Crippen LogP contribution in [0.1, 0.15) is 18.4 Å². The Kier molecular flexibility index (Phi) is 4.35. The maximum atomic E-state index is 9.97. The molecule has 1 rings (SSSR count). The monoisotopic (exact) mass is 225 g/mol. The maximum Gasteiger partial charge on any atom is 0.234 e. The lowest BCUT2D eigenvalue weighted by molar-refractivity contribution is 0.415. The molecule has 0 fully saturated rings. The molecule has 0 saturated heterocycles. The molecule has 0 spiro atoms. The van der Waals surface area contributed by atoms with E-state index in [1.165, 1.54) is 6.08 Å². The second kappa shape index (κ2) is 5.54. The summed E-state index contributed by atoms with van der Waals surface area (Å²) in [5, 5.41) is 0.567. The summed E-state index contributed by atoms with van der Waals surface area (Å²) in [5.74, 6) is 0.793. The van der Waals surface area contributed by atoms with Crippen molar-refractivity contribution in [1.29, 1.82) is 0 Å². The summed E-state index contributed by atoms with van der Waals surface area (Å²) in [6, 6.07) is 5.54. The van der Waals surface area contributed by atoms with Gasteiger partial charge in [0.1, 0.15) is 5.75 Å². The molecule has 80 valence electrons. The molecule has 3 nitrogen and oxygen atoms in total. The molecule has 0 bridgehead atoms. The summed E-state index contributed by atoms with van der Waals surface area (Å²) < 4.78 is 5.04. The van der Waals surface area contributed by atoms with Crippen LogP contribution in [0.25, 0.3) is 0 Å². The molecule has 0 aliphatic heterocycles. The second-order valence-corrected chi connectivity index (χ2v) is 3.63. The highest BCUT2D eigenvalue weighted by atomic mass is 35.5. The number of rotatable bonds is 4.